The molecule has 0 aliphatic rings. The number of ether oxygens (including phenoxy) is 1. The summed E-state index contributed by atoms with van der Waals surface area (Å²) in [5.74, 6) is 0.603. The molecule has 18 heavy (non-hydrogen) atoms. The molecule has 0 bridgehead atoms. The second kappa shape index (κ2) is 4.87. The Hall–Kier alpha value is -2.36. The van der Waals surface area contributed by atoms with Crippen LogP contribution in [0.2, 0.25) is 0 Å². The minimum Gasteiger partial charge on any atom is -0.496 e. The summed E-state index contributed by atoms with van der Waals surface area (Å²) in [5, 5.41) is 0. The largest absolute Gasteiger partial charge is 0.496 e. The van der Waals surface area contributed by atoms with Gasteiger partial charge in [0.2, 0.25) is 5.78 Å². The number of carbonyl (C=O) groups excluding carboxylic acids is 1. The van der Waals surface area contributed by atoms with Gasteiger partial charge in [-0.1, -0.05) is 12.1 Å². The van der Waals surface area contributed by atoms with Gasteiger partial charge in [-0.05, 0) is 30.7 Å². The lowest BCUT2D eigenvalue weighted by atomic mass is 9.99. The van der Waals surface area contributed by atoms with Crippen molar-refractivity contribution in [2.45, 2.75) is 6.92 Å². The Morgan fingerprint density at radius 3 is 2.67 bits per heavy atom. The summed E-state index contributed by atoms with van der Waals surface area (Å²) >= 11 is 0. The fraction of sp³-hybridized carbons (Fsp3) is 0.143. The standard InChI is InChI=1S/C14H14N2O2/c1-9-7-8-16-14(15)12(9)13(17)10-5-3-4-6-11(10)18-2/h3-8H,1-2H3,(H2,15,16). The molecule has 0 atom stereocenters. The first-order valence-electron chi connectivity index (χ1n) is 5.54. The molecule has 0 aliphatic carbocycles. The van der Waals surface area contributed by atoms with Crippen molar-refractivity contribution in [3.8, 4) is 5.75 Å². The highest BCUT2D eigenvalue weighted by Gasteiger charge is 2.18. The number of hydrogen-bond acceptors (Lipinski definition) is 4. The Labute approximate surface area is 105 Å². The number of methoxy groups -OCH3 is 1. The number of nitrogens with two attached hydrogens (primary N) is 1. The van der Waals surface area contributed by atoms with Crippen molar-refractivity contribution in [2.24, 2.45) is 0 Å². The molecule has 0 amide bonds. The van der Waals surface area contributed by atoms with Crippen LogP contribution in [0.15, 0.2) is 36.5 Å². The molecular weight excluding hydrogens is 228 g/mol. The summed E-state index contributed by atoms with van der Waals surface area (Å²) in [6.07, 6.45) is 1.59. The number of anilines is 1. The van der Waals surface area contributed by atoms with Gasteiger partial charge in [0, 0.05) is 6.20 Å². The predicted octanol–water partition coefficient (Wildman–Crippen LogP) is 2.21. The van der Waals surface area contributed by atoms with Gasteiger partial charge in [-0.2, -0.15) is 0 Å². The lowest BCUT2D eigenvalue weighted by Gasteiger charge is -2.10. The highest BCUT2D eigenvalue weighted by molar-refractivity contribution is 6.14. The Morgan fingerprint density at radius 1 is 1.28 bits per heavy atom. The highest BCUT2D eigenvalue weighted by Crippen LogP contribution is 2.24. The first-order valence-corrected chi connectivity index (χ1v) is 5.54. The van der Waals surface area contributed by atoms with Gasteiger partial charge in [-0.3, -0.25) is 4.79 Å². The van der Waals surface area contributed by atoms with Gasteiger partial charge < -0.3 is 10.5 Å². The molecule has 0 spiro atoms. The molecule has 0 aliphatic heterocycles. The number of rotatable bonds is 3. The topological polar surface area (TPSA) is 65.2 Å². The summed E-state index contributed by atoms with van der Waals surface area (Å²) in [6.45, 7) is 1.83. The molecule has 0 fully saturated rings. The summed E-state index contributed by atoms with van der Waals surface area (Å²) in [5.41, 5.74) is 7.50. The minimum atomic E-state index is -0.171. The van der Waals surface area contributed by atoms with Crippen LogP contribution in [-0.2, 0) is 0 Å². The summed E-state index contributed by atoms with van der Waals surface area (Å²) in [6, 6.07) is 8.83. The van der Waals surface area contributed by atoms with Gasteiger partial charge in [-0.15, -0.1) is 0 Å². The van der Waals surface area contributed by atoms with Crippen LogP contribution in [0.3, 0.4) is 0 Å². The van der Waals surface area contributed by atoms with Crippen molar-refractivity contribution in [3.63, 3.8) is 0 Å². The zero-order chi connectivity index (χ0) is 13.1. The van der Waals surface area contributed by atoms with Crippen LogP contribution < -0.4 is 10.5 Å². The van der Waals surface area contributed by atoms with E-state index in [1.807, 2.05) is 13.0 Å². The van der Waals surface area contributed by atoms with Gasteiger partial charge in [0.25, 0.3) is 0 Å². The first-order chi connectivity index (χ1) is 8.65. The Bertz CT molecular complexity index is 574. The maximum absolute atomic E-state index is 12.5. The molecule has 4 heteroatoms. The van der Waals surface area contributed by atoms with Crippen molar-refractivity contribution in [3.05, 3.63) is 53.2 Å². The molecule has 1 aromatic heterocycles. The van der Waals surface area contributed by atoms with Crippen molar-refractivity contribution in [1.82, 2.24) is 4.98 Å². The van der Waals surface area contributed by atoms with E-state index in [0.29, 0.717) is 16.9 Å². The predicted molar refractivity (Wildman–Crippen MR) is 69.8 cm³/mol. The molecule has 0 saturated carbocycles. The number of nitrogen functional groups attached to an aromatic ring is 1. The van der Waals surface area contributed by atoms with Crippen LogP contribution in [0.25, 0.3) is 0 Å². The van der Waals surface area contributed by atoms with E-state index in [9.17, 15) is 4.79 Å². The van der Waals surface area contributed by atoms with Crippen LogP contribution in [0.4, 0.5) is 5.82 Å². The van der Waals surface area contributed by atoms with Crippen molar-refractivity contribution in [2.75, 3.05) is 12.8 Å². The van der Waals surface area contributed by atoms with Crippen molar-refractivity contribution >= 4 is 11.6 Å². The van der Waals surface area contributed by atoms with E-state index in [2.05, 4.69) is 4.98 Å². The van der Waals surface area contributed by atoms with Crippen molar-refractivity contribution in [1.29, 1.82) is 0 Å². The zero-order valence-electron chi connectivity index (χ0n) is 10.3. The fourth-order valence-corrected chi connectivity index (χ4v) is 1.84. The number of carbonyl (C=O) groups is 1. The second-order valence-corrected chi connectivity index (χ2v) is 3.92. The number of aryl methyl sites for hydroxylation is 1. The quantitative estimate of drug-likeness (QED) is 0.838. The summed E-state index contributed by atoms with van der Waals surface area (Å²) in [7, 11) is 1.53. The normalized spacial score (nSPS) is 10.1. The number of pyridine rings is 1. The minimum absolute atomic E-state index is 0.171. The number of para-hydroxylation sites is 1. The number of benzene rings is 1. The molecule has 1 heterocycles. The fourth-order valence-electron chi connectivity index (χ4n) is 1.84. The molecule has 0 unspecified atom stereocenters. The van der Waals surface area contributed by atoms with Gasteiger partial charge in [0.15, 0.2) is 0 Å². The zero-order valence-corrected chi connectivity index (χ0v) is 10.3. The van der Waals surface area contributed by atoms with E-state index in [1.165, 1.54) is 7.11 Å². The third-order valence-corrected chi connectivity index (χ3v) is 2.77. The molecule has 2 N–H and O–H groups in total. The number of aromatic nitrogens is 1. The van der Waals surface area contributed by atoms with Gasteiger partial charge in [0.1, 0.15) is 11.6 Å². The van der Waals surface area contributed by atoms with E-state index in [-0.39, 0.29) is 11.6 Å². The summed E-state index contributed by atoms with van der Waals surface area (Å²) < 4.78 is 5.19. The third kappa shape index (κ3) is 2.05. The Kier molecular flexibility index (Phi) is 3.28. The number of ketones is 1. The van der Waals surface area contributed by atoms with Gasteiger partial charge >= 0.3 is 0 Å². The molecule has 2 rings (SSSR count). The molecule has 0 saturated heterocycles. The Balaban J connectivity index is 2.55. The first kappa shape index (κ1) is 12.1. The van der Waals surface area contributed by atoms with Gasteiger partial charge in [0.05, 0.1) is 18.2 Å². The SMILES string of the molecule is COc1ccccc1C(=O)c1c(C)ccnc1N. The molecular formula is C14H14N2O2. The smallest absolute Gasteiger partial charge is 0.200 e. The maximum atomic E-state index is 12.5. The number of hydrogen-bond donors (Lipinski definition) is 1. The molecule has 4 nitrogen and oxygen atoms in total. The monoisotopic (exact) mass is 242 g/mol. The van der Waals surface area contributed by atoms with E-state index >= 15 is 0 Å². The van der Waals surface area contributed by atoms with Crippen LogP contribution in [0.5, 0.6) is 5.75 Å². The maximum Gasteiger partial charge on any atom is 0.200 e. The summed E-state index contributed by atoms with van der Waals surface area (Å²) in [4.78, 5) is 16.4. The molecule has 2 aromatic rings. The average Bonchev–Trinajstić information content (AvgIpc) is 2.38. The second-order valence-electron chi connectivity index (χ2n) is 3.92. The van der Waals surface area contributed by atoms with Crippen LogP contribution in [0, 0.1) is 6.92 Å². The van der Waals surface area contributed by atoms with E-state index in [4.69, 9.17) is 10.5 Å². The molecule has 92 valence electrons. The van der Waals surface area contributed by atoms with Crippen LogP contribution in [-0.4, -0.2) is 17.9 Å². The lowest BCUT2D eigenvalue weighted by Crippen LogP contribution is -2.10. The molecule has 1 aromatic carbocycles. The lowest BCUT2D eigenvalue weighted by molar-refractivity contribution is 0.103. The highest BCUT2D eigenvalue weighted by atomic mass is 16.5. The number of nitrogens with zero attached hydrogens (tertiary/aromatic N) is 1. The van der Waals surface area contributed by atoms with Crippen LogP contribution in [0.1, 0.15) is 21.5 Å². The van der Waals surface area contributed by atoms with E-state index in [0.717, 1.165) is 5.56 Å². The van der Waals surface area contributed by atoms with E-state index in [1.54, 1.807) is 30.5 Å². The third-order valence-electron chi connectivity index (χ3n) is 2.77. The molecule has 0 radical (unpaired) electrons. The average molecular weight is 242 g/mol. The van der Waals surface area contributed by atoms with Crippen molar-refractivity contribution < 1.29 is 9.53 Å². The van der Waals surface area contributed by atoms with Crippen LogP contribution >= 0.6 is 0 Å². The van der Waals surface area contributed by atoms with Gasteiger partial charge in [-0.25, -0.2) is 4.98 Å². The Morgan fingerprint density at radius 2 is 2.00 bits per heavy atom. The van der Waals surface area contributed by atoms with E-state index < -0.39 is 0 Å².